The molecule has 0 spiro atoms. The number of hydrogen-bond acceptors (Lipinski definition) is 19. The van der Waals surface area contributed by atoms with Crippen LogP contribution in [0.15, 0.2) is 74.2 Å². The summed E-state index contributed by atoms with van der Waals surface area (Å²) < 4.78 is 121. The van der Waals surface area contributed by atoms with Crippen molar-refractivity contribution < 1.29 is 98.1 Å². The van der Waals surface area contributed by atoms with Gasteiger partial charge in [-0.1, -0.05) is 46.9 Å². The third-order valence-electron chi connectivity index (χ3n) is 9.29. The van der Waals surface area contributed by atoms with Crippen LogP contribution in [-0.2, 0) is 42.0 Å². The van der Waals surface area contributed by atoms with E-state index >= 15 is 0 Å². The van der Waals surface area contributed by atoms with Crippen molar-refractivity contribution in [2.24, 2.45) is 10.7 Å². The molecular weight excluding hydrogens is 1220 g/mol. The zero-order valence-corrected chi connectivity index (χ0v) is 46.1. The zero-order chi connectivity index (χ0) is 59.5. The molecule has 37 heteroatoms. The number of esters is 1. The van der Waals surface area contributed by atoms with E-state index in [1.807, 2.05) is 0 Å². The molecule has 1 aliphatic rings. The Balaban J connectivity index is 0.000000299. The molecule has 3 heterocycles. The molecule has 1 aliphatic heterocycles. The summed E-state index contributed by atoms with van der Waals surface area (Å²) in [7, 11) is -5.18. The van der Waals surface area contributed by atoms with Crippen LogP contribution >= 0.6 is 65.3 Å². The number of alkyl halides is 4. The number of rotatable bonds is 18. The molecule has 2 aromatic heterocycles. The van der Waals surface area contributed by atoms with Crippen LogP contribution in [0, 0.1) is 5.82 Å². The lowest BCUT2D eigenvalue weighted by Gasteiger charge is -2.15. The number of benzene rings is 3. The van der Waals surface area contributed by atoms with Crippen LogP contribution in [0.25, 0.3) is 0 Å². The number of nitrogens with one attached hydrogen (secondary N) is 2. The SMILES string of the molecule is COC(=O)CSc1cc(/N=c2\sc(=O)n3n2CCCC3)c(F)cc1Cl.COc1c(Cl)ccc(Cl)c1C(=O)O.CP(=O)(O)CCC(N)C(=O)O.O=C(Nc1nc(OC(F)F)cc(OC(F)F)n1)NS(=O)(=O)c1ccccc1C(=O)O. The first kappa shape index (κ1) is 66.7. The number of carbonyl (C=O) groups is 5. The van der Waals surface area contributed by atoms with E-state index in [0.717, 1.165) is 54.1 Å². The number of aliphatic carboxylic acids is 1. The van der Waals surface area contributed by atoms with Gasteiger partial charge in [-0.05, 0) is 67.0 Å². The number of carbonyl (C=O) groups excluding carboxylic acids is 2. The average Bonchev–Trinajstić information content (AvgIpc) is 3.73. The number of halogens is 8. The fraction of sp³-hybridized carbons (Fsp3) is 0.310. The highest BCUT2D eigenvalue weighted by Crippen LogP contribution is 2.36. The number of fused-ring (bicyclic) bond motifs is 1. The first-order chi connectivity index (χ1) is 36.9. The van der Waals surface area contributed by atoms with E-state index in [2.05, 4.69) is 29.2 Å². The number of thioether (sulfide) groups is 1. The van der Waals surface area contributed by atoms with Crippen molar-refractivity contribution in [3.8, 4) is 17.5 Å². The highest BCUT2D eigenvalue weighted by atomic mass is 35.5. The minimum absolute atomic E-state index is 0.0412. The maximum absolute atomic E-state index is 14.3. The van der Waals surface area contributed by atoms with E-state index in [1.165, 1.54) is 55.9 Å². The number of urea groups is 1. The fourth-order valence-corrected chi connectivity index (χ4v) is 10.1. The fourth-order valence-electron chi connectivity index (χ4n) is 5.81. The third kappa shape index (κ3) is 21.5. The molecule has 2 atom stereocenters. The van der Waals surface area contributed by atoms with Gasteiger partial charge in [-0.15, -0.1) is 11.8 Å². The molecule has 6 rings (SSSR count). The second-order valence-corrected chi connectivity index (χ2v) is 22.4. The van der Waals surface area contributed by atoms with Crippen molar-refractivity contribution in [3.05, 3.63) is 101 Å². The normalized spacial score (nSPS) is 13.1. The molecule has 432 valence electrons. The summed E-state index contributed by atoms with van der Waals surface area (Å²) >= 11 is 19.5. The number of sulfonamides is 1. The van der Waals surface area contributed by atoms with Gasteiger partial charge in [-0.25, -0.2) is 41.6 Å². The number of hydrogen-bond donors (Lipinski definition) is 7. The van der Waals surface area contributed by atoms with Crippen molar-refractivity contribution >= 4 is 117 Å². The van der Waals surface area contributed by atoms with E-state index in [1.54, 1.807) is 14.7 Å². The molecule has 3 aromatic carbocycles. The van der Waals surface area contributed by atoms with Gasteiger partial charge in [0.05, 0.1) is 46.7 Å². The lowest BCUT2D eigenvalue weighted by Crippen LogP contribution is -2.35. The molecule has 0 radical (unpaired) electrons. The van der Waals surface area contributed by atoms with Crippen LogP contribution in [0.5, 0.6) is 17.5 Å². The van der Waals surface area contributed by atoms with Gasteiger partial charge in [0.1, 0.15) is 28.0 Å². The molecule has 0 aliphatic carbocycles. The van der Waals surface area contributed by atoms with Crippen molar-refractivity contribution in [2.45, 2.75) is 61.4 Å². The summed E-state index contributed by atoms with van der Waals surface area (Å²) in [5, 5.41) is 28.3. The van der Waals surface area contributed by atoms with Crippen LogP contribution in [0.2, 0.25) is 15.1 Å². The third-order valence-corrected chi connectivity index (χ3v) is 14.7. The summed E-state index contributed by atoms with van der Waals surface area (Å²) in [4.78, 5) is 87.0. The molecular formula is C42H43Cl3F5N8O17PS3. The zero-order valence-electron chi connectivity index (χ0n) is 40.5. The standard InChI is InChI=1S/C15H15ClFN3O3S2.C14H10F4N4O7S.C8H6Cl2O3.C5H12NO4P/c1-23-13(21)8-24-12-7-11(10(17)6-9(12)16)18-14-19-4-2-3-5-20(19)15(22)25-14;15-11(16)28-8-5-9(29-12(17)18)20-13(19-8)21-14(25)22-30(26,27)7-4-2-1-3-6(7)10(23)24;1-13-7-5(10)3-2-4(9)6(7)8(11)12;1-11(9,10)3-2-4(6)5(7)8/h6-7H,2-5,8H2,1H3;1-5,11-12H,(H,23,24)(H2,19,20,21,22,25);2-3H,1H3,(H,11,12);4H,2-3,6H2,1H3,(H,7,8)(H,9,10)/b18-14-;;;. The van der Waals surface area contributed by atoms with Gasteiger partial charge in [0.2, 0.25) is 22.5 Å². The van der Waals surface area contributed by atoms with Crippen LogP contribution in [0.4, 0.5) is 38.4 Å². The molecule has 79 heavy (non-hydrogen) atoms. The lowest BCUT2D eigenvalue weighted by atomic mass is 10.2. The molecule has 8 N–H and O–H groups in total. The maximum atomic E-state index is 14.3. The van der Waals surface area contributed by atoms with Crippen LogP contribution in [-0.4, -0.2) is 130 Å². The predicted octanol–water partition coefficient (Wildman–Crippen LogP) is 7.07. The minimum atomic E-state index is -4.71. The second kappa shape index (κ2) is 30.7. The monoisotopic (exact) mass is 1260 g/mol. The van der Waals surface area contributed by atoms with E-state index in [4.69, 9.17) is 65.5 Å². The summed E-state index contributed by atoms with van der Waals surface area (Å²) in [6, 6.07) is 7.73. The summed E-state index contributed by atoms with van der Waals surface area (Å²) in [5.74, 6) is -7.60. The number of nitrogens with zero attached hydrogens (tertiary/aromatic N) is 5. The Labute approximate surface area is 465 Å². The lowest BCUT2D eigenvalue weighted by molar-refractivity contribution is -0.139. The van der Waals surface area contributed by atoms with Crippen LogP contribution in [0.1, 0.15) is 40.0 Å². The first-order valence-corrected chi connectivity index (χ1v) is 28.1. The second-order valence-electron chi connectivity index (χ2n) is 15.1. The Morgan fingerprint density at radius 2 is 1.48 bits per heavy atom. The van der Waals surface area contributed by atoms with Gasteiger partial charge < -0.3 is 44.9 Å². The molecule has 25 nitrogen and oxygen atoms in total. The molecule has 0 fully saturated rings. The number of amides is 2. The van der Waals surface area contributed by atoms with E-state index in [-0.39, 0.29) is 55.3 Å². The van der Waals surface area contributed by atoms with Gasteiger partial charge in [0.25, 0.3) is 10.0 Å². The number of methoxy groups -OCH3 is 2. The van der Waals surface area contributed by atoms with Gasteiger partial charge in [0.15, 0.2) is 13.1 Å². The summed E-state index contributed by atoms with van der Waals surface area (Å²) in [6.07, 6.45) is 1.90. The molecule has 5 aromatic rings. The van der Waals surface area contributed by atoms with Gasteiger partial charge >= 0.3 is 48.0 Å². The van der Waals surface area contributed by atoms with Gasteiger partial charge in [0, 0.05) is 30.8 Å². The van der Waals surface area contributed by atoms with Crippen LogP contribution in [0.3, 0.4) is 0 Å². The number of ether oxygens (including phenoxy) is 4. The smallest absolute Gasteiger partial charge is 0.388 e. The Kier molecular flexibility index (Phi) is 25.9. The largest absolute Gasteiger partial charge is 0.494 e. The molecule has 2 amide bonds. The molecule has 0 bridgehead atoms. The number of aromatic nitrogens is 4. The van der Waals surface area contributed by atoms with E-state index in [0.29, 0.717) is 28.9 Å². The quantitative estimate of drug-likeness (QED) is 0.0199. The van der Waals surface area contributed by atoms with E-state index < -0.39 is 101 Å². The Morgan fingerprint density at radius 3 is 2.00 bits per heavy atom. The number of carboxylic acid groups (broad SMARTS) is 3. The highest BCUT2D eigenvalue weighted by Gasteiger charge is 2.26. The average molecular weight is 1260 g/mol. The topological polar surface area (TPSA) is 370 Å². The molecule has 0 saturated heterocycles. The summed E-state index contributed by atoms with van der Waals surface area (Å²) in [5.41, 5.74) is 4.42. The molecule has 0 saturated carbocycles. The Bertz CT molecular complexity index is 3290. The highest BCUT2D eigenvalue weighted by molar-refractivity contribution is 8.00. The van der Waals surface area contributed by atoms with E-state index in [9.17, 15) is 63.7 Å². The van der Waals surface area contributed by atoms with Gasteiger partial charge in [-0.2, -0.15) is 27.5 Å². The Morgan fingerprint density at radius 1 is 0.899 bits per heavy atom. The number of anilines is 1. The molecule has 2 unspecified atom stereocenters. The van der Waals surface area contributed by atoms with Gasteiger partial charge in [-0.3, -0.25) is 28.9 Å². The van der Waals surface area contributed by atoms with Crippen molar-refractivity contribution in [1.29, 1.82) is 0 Å². The number of nitrogens with two attached hydrogens (primary N) is 1. The number of aromatic carboxylic acids is 2. The predicted molar refractivity (Wildman–Crippen MR) is 274 cm³/mol. The maximum Gasteiger partial charge on any atom is 0.388 e. The number of carboxylic acids is 3. The minimum Gasteiger partial charge on any atom is -0.494 e. The first-order valence-electron chi connectivity index (χ1n) is 21.4. The van der Waals surface area contributed by atoms with Crippen molar-refractivity contribution in [2.75, 3.05) is 38.1 Å². The van der Waals surface area contributed by atoms with Crippen molar-refractivity contribution in [3.63, 3.8) is 0 Å². The van der Waals surface area contributed by atoms with Crippen molar-refractivity contribution in [1.82, 2.24) is 24.1 Å². The Hall–Kier alpha value is -6.58. The van der Waals surface area contributed by atoms with Crippen LogP contribution < -0.4 is 39.7 Å². The summed E-state index contributed by atoms with van der Waals surface area (Å²) in [6.45, 7) is -4.31.